The number of rotatable bonds is 6. The van der Waals surface area contributed by atoms with Crippen LogP contribution in [-0.2, 0) is 16.4 Å². The third kappa shape index (κ3) is 3.91. The van der Waals surface area contributed by atoms with Gasteiger partial charge in [-0.2, -0.15) is 0 Å². The number of nitrogens with zero attached hydrogens (tertiary/aromatic N) is 1. The molecule has 4 rings (SSSR count). The topological polar surface area (TPSA) is 84.0 Å². The minimum Gasteiger partial charge on any atom is -0.353 e. The fourth-order valence-electron chi connectivity index (χ4n) is 3.73. The summed E-state index contributed by atoms with van der Waals surface area (Å²) < 4.78 is 57.8. The summed E-state index contributed by atoms with van der Waals surface area (Å²) in [7, 11) is -4.35. The van der Waals surface area contributed by atoms with E-state index in [0.29, 0.717) is 17.7 Å². The summed E-state index contributed by atoms with van der Waals surface area (Å²) in [5.41, 5.74) is 1.05. The van der Waals surface area contributed by atoms with E-state index in [1.54, 1.807) is 19.9 Å². The predicted octanol–water partition coefficient (Wildman–Crippen LogP) is 4.13. The standard InChI is InChI=1S/C23H21F2N3O3S/c1-14-11-15(2)13-16(12-14)32(30,31)22-19-18(6-5-17(24)20(19)25)27-21(22)23(29)26-7-10-28-8-3-4-9-28/h3-6,8-9,11-13,27H,7,10H2,1-2H3,(H,26,29). The number of amides is 1. The number of hydrogen-bond donors (Lipinski definition) is 2. The van der Waals surface area contributed by atoms with Crippen molar-refractivity contribution in [3.05, 3.63) is 83.3 Å². The van der Waals surface area contributed by atoms with Gasteiger partial charge in [-0.05, 0) is 61.4 Å². The number of benzene rings is 2. The van der Waals surface area contributed by atoms with E-state index >= 15 is 0 Å². The lowest BCUT2D eigenvalue weighted by Gasteiger charge is -2.10. The van der Waals surface area contributed by atoms with Crippen LogP contribution in [-0.4, -0.2) is 30.4 Å². The van der Waals surface area contributed by atoms with Crippen LogP contribution in [0.25, 0.3) is 10.9 Å². The second kappa shape index (κ2) is 8.23. The average Bonchev–Trinajstić information content (AvgIpc) is 3.38. The summed E-state index contributed by atoms with van der Waals surface area (Å²) in [6.45, 7) is 4.14. The highest BCUT2D eigenvalue weighted by Gasteiger charge is 2.32. The molecule has 0 saturated heterocycles. The lowest BCUT2D eigenvalue weighted by Crippen LogP contribution is -2.28. The van der Waals surface area contributed by atoms with Gasteiger partial charge in [0.05, 0.1) is 15.8 Å². The smallest absolute Gasteiger partial charge is 0.269 e. The van der Waals surface area contributed by atoms with E-state index in [-0.39, 0.29) is 22.7 Å². The number of aryl methyl sites for hydroxylation is 2. The molecule has 2 heterocycles. The first-order valence-corrected chi connectivity index (χ1v) is 11.4. The molecule has 4 aromatic rings. The number of H-pyrrole nitrogens is 1. The highest BCUT2D eigenvalue weighted by atomic mass is 32.2. The van der Waals surface area contributed by atoms with Crippen molar-refractivity contribution in [3.63, 3.8) is 0 Å². The zero-order chi connectivity index (χ0) is 23.0. The summed E-state index contributed by atoms with van der Waals surface area (Å²) in [4.78, 5) is 14.9. The van der Waals surface area contributed by atoms with E-state index in [4.69, 9.17) is 0 Å². The van der Waals surface area contributed by atoms with Gasteiger partial charge in [-0.1, -0.05) is 6.07 Å². The van der Waals surface area contributed by atoms with Gasteiger partial charge in [0.25, 0.3) is 5.91 Å². The maximum Gasteiger partial charge on any atom is 0.269 e. The van der Waals surface area contributed by atoms with Crippen molar-refractivity contribution in [2.75, 3.05) is 6.54 Å². The molecule has 0 aliphatic heterocycles. The van der Waals surface area contributed by atoms with Crippen molar-refractivity contribution in [3.8, 4) is 0 Å². The van der Waals surface area contributed by atoms with E-state index in [1.165, 1.54) is 18.2 Å². The van der Waals surface area contributed by atoms with E-state index < -0.39 is 37.7 Å². The van der Waals surface area contributed by atoms with E-state index in [0.717, 1.165) is 6.07 Å². The van der Waals surface area contributed by atoms with Crippen molar-refractivity contribution in [2.24, 2.45) is 0 Å². The SMILES string of the molecule is Cc1cc(C)cc(S(=O)(=O)c2c(C(=O)NCCn3cccc3)[nH]c3ccc(F)c(F)c23)c1. The quantitative estimate of drug-likeness (QED) is 0.457. The second-order valence-electron chi connectivity index (χ2n) is 7.62. The van der Waals surface area contributed by atoms with E-state index in [2.05, 4.69) is 10.3 Å². The Morgan fingerprint density at radius 3 is 2.38 bits per heavy atom. The Hall–Kier alpha value is -3.46. The minimum atomic E-state index is -4.35. The Labute approximate surface area is 183 Å². The molecule has 32 heavy (non-hydrogen) atoms. The molecule has 2 N–H and O–H groups in total. The Bertz CT molecular complexity index is 1400. The predicted molar refractivity (Wildman–Crippen MR) is 116 cm³/mol. The van der Waals surface area contributed by atoms with Crippen molar-refractivity contribution in [2.45, 2.75) is 30.2 Å². The number of nitrogens with one attached hydrogen (secondary N) is 2. The number of aromatic nitrogens is 2. The van der Waals surface area contributed by atoms with Crippen LogP contribution in [0.5, 0.6) is 0 Å². The highest BCUT2D eigenvalue weighted by Crippen LogP contribution is 2.35. The maximum absolute atomic E-state index is 14.8. The number of carbonyl (C=O) groups is 1. The van der Waals surface area contributed by atoms with Crippen LogP contribution in [0.15, 0.2) is 64.6 Å². The normalized spacial score (nSPS) is 11.8. The Morgan fingerprint density at radius 1 is 1.06 bits per heavy atom. The maximum atomic E-state index is 14.8. The van der Waals surface area contributed by atoms with Crippen molar-refractivity contribution in [1.82, 2.24) is 14.9 Å². The van der Waals surface area contributed by atoms with Crippen LogP contribution < -0.4 is 5.32 Å². The van der Waals surface area contributed by atoms with Gasteiger partial charge in [0.2, 0.25) is 9.84 Å². The zero-order valence-electron chi connectivity index (χ0n) is 17.4. The summed E-state index contributed by atoms with van der Waals surface area (Å²) in [5, 5.41) is 2.17. The van der Waals surface area contributed by atoms with Gasteiger partial charge in [-0.3, -0.25) is 4.79 Å². The molecular formula is C23H21F2N3O3S. The van der Waals surface area contributed by atoms with Gasteiger partial charge < -0.3 is 14.9 Å². The third-order valence-electron chi connectivity index (χ3n) is 5.13. The number of hydrogen-bond acceptors (Lipinski definition) is 3. The van der Waals surface area contributed by atoms with Crippen LogP contribution in [0.3, 0.4) is 0 Å². The van der Waals surface area contributed by atoms with Gasteiger partial charge in [-0.15, -0.1) is 0 Å². The first kappa shape index (κ1) is 21.8. The molecule has 2 aromatic heterocycles. The van der Waals surface area contributed by atoms with Gasteiger partial charge >= 0.3 is 0 Å². The third-order valence-corrected chi connectivity index (χ3v) is 6.93. The minimum absolute atomic E-state index is 0.0161. The molecule has 9 heteroatoms. The summed E-state index contributed by atoms with van der Waals surface area (Å²) >= 11 is 0. The Kier molecular flexibility index (Phi) is 5.60. The van der Waals surface area contributed by atoms with Gasteiger partial charge in [0, 0.05) is 25.5 Å². The number of sulfone groups is 1. The van der Waals surface area contributed by atoms with Crippen LogP contribution in [0.1, 0.15) is 21.6 Å². The van der Waals surface area contributed by atoms with Gasteiger partial charge in [0.1, 0.15) is 10.6 Å². The van der Waals surface area contributed by atoms with Crippen LogP contribution in [0.2, 0.25) is 0 Å². The second-order valence-corrected chi connectivity index (χ2v) is 9.50. The molecular weight excluding hydrogens is 436 g/mol. The molecule has 0 unspecified atom stereocenters. The number of fused-ring (bicyclic) bond motifs is 1. The molecule has 1 amide bonds. The molecule has 0 fully saturated rings. The summed E-state index contributed by atoms with van der Waals surface area (Å²) in [5.74, 6) is -3.25. The molecule has 0 saturated carbocycles. The molecule has 0 spiro atoms. The van der Waals surface area contributed by atoms with Gasteiger partial charge in [-0.25, -0.2) is 17.2 Å². The Balaban J connectivity index is 1.84. The van der Waals surface area contributed by atoms with Crippen LogP contribution in [0.4, 0.5) is 8.78 Å². The number of halogens is 2. The van der Waals surface area contributed by atoms with Crippen LogP contribution in [0, 0.1) is 25.5 Å². The summed E-state index contributed by atoms with van der Waals surface area (Å²) in [6.07, 6.45) is 3.65. The first-order chi connectivity index (χ1) is 15.2. The summed E-state index contributed by atoms with van der Waals surface area (Å²) in [6, 6.07) is 10.4. The zero-order valence-corrected chi connectivity index (χ0v) is 18.3. The lowest BCUT2D eigenvalue weighted by molar-refractivity contribution is 0.0945. The van der Waals surface area contributed by atoms with Gasteiger partial charge in [0.15, 0.2) is 11.6 Å². The monoisotopic (exact) mass is 457 g/mol. The molecule has 0 bridgehead atoms. The molecule has 0 atom stereocenters. The van der Waals surface area contributed by atoms with Crippen molar-refractivity contribution >= 4 is 26.6 Å². The molecule has 0 aliphatic carbocycles. The first-order valence-electron chi connectivity index (χ1n) is 9.90. The fourth-order valence-corrected chi connectivity index (χ4v) is 5.53. The number of carbonyl (C=O) groups excluding carboxylic acids is 1. The molecule has 6 nitrogen and oxygen atoms in total. The molecule has 166 valence electrons. The average molecular weight is 458 g/mol. The largest absolute Gasteiger partial charge is 0.353 e. The van der Waals surface area contributed by atoms with E-state index in [1.807, 2.05) is 29.1 Å². The number of aromatic amines is 1. The highest BCUT2D eigenvalue weighted by molar-refractivity contribution is 7.91. The Morgan fingerprint density at radius 2 is 1.72 bits per heavy atom. The molecule has 0 radical (unpaired) electrons. The van der Waals surface area contributed by atoms with Crippen molar-refractivity contribution < 1.29 is 22.0 Å². The van der Waals surface area contributed by atoms with E-state index in [9.17, 15) is 22.0 Å². The molecule has 2 aromatic carbocycles. The van der Waals surface area contributed by atoms with Crippen LogP contribution >= 0.6 is 0 Å². The fraction of sp³-hybridized carbons (Fsp3) is 0.174. The molecule has 0 aliphatic rings. The lowest BCUT2D eigenvalue weighted by atomic mass is 10.2. The van der Waals surface area contributed by atoms with Crippen molar-refractivity contribution in [1.29, 1.82) is 0 Å².